The van der Waals surface area contributed by atoms with Gasteiger partial charge in [-0.2, -0.15) is 17.5 Å². The Labute approximate surface area is 511 Å². The zero-order valence-corrected chi connectivity index (χ0v) is 53.7. The Bertz CT molecular complexity index is 3830. The van der Waals surface area contributed by atoms with Crippen molar-refractivity contribution in [3.05, 3.63) is 186 Å². The fourth-order valence-corrected chi connectivity index (χ4v) is 21.2. The van der Waals surface area contributed by atoms with Gasteiger partial charge in [0.05, 0.1) is 62.4 Å². The van der Waals surface area contributed by atoms with Crippen LogP contribution in [-0.4, -0.2) is 8.75 Å². The van der Waals surface area contributed by atoms with E-state index in [1.165, 1.54) is 226 Å². The lowest BCUT2D eigenvalue weighted by atomic mass is 9.67. The molecule has 11 heteroatoms. The third-order valence-electron chi connectivity index (χ3n) is 17.8. The van der Waals surface area contributed by atoms with Crippen LogP contribution in [0.1, 0.15) is 197 Å². The largest absolute Gasteiger partial charge is 0.172 e. The van der Waals surface area contributed by atoms with Crippen LogP contribution in [0, 0.1) is 0 Å². The van der Waals surface area contributed by atoms with Gasteiger partial charge in [0, 0.05) is 26.4 Å². The van der Waals surface area contributed by atoms with Crippen molar-refractivity contribution in [1.29, 1.82) is 0 Å². The average molecular weight is 1240 g/mol. The van der Waals surface area contributed by atoms with Crippen LogP contribution in [0.3, 0.4) is 0 Å². The van der Waals surface area contributed by atoms with E-state index in [0.717, 1.165) is 58.1 Å². The summed E-state index contributed by atoms with van der Waals surface area (Å²) in [5, 5.41) is 2.37. The molecule has 4 nitrogen and oxygen atoms in total. The van der Waals surface area contributed by atoms with Gasteiger partial charge in [0.2, 0.25) is 0 Å². The zero-order chi connectivity index (χ0) is 55.1. The Kier molecular flexibility index (Phi) is 16.5. The molecule has 0 amide bonds. The fraction of sp³-hybridized carbons (Fsp3) is 0.371. The summed E-state index contributed by atoms with van der Waals surface area (Å²) in [5.74, 6) is 0. The van der Waals surface area contributed by atoms with Crippen molar-refractivity contribution >= 4 is 116 Å². The Morgan fingerprint density at radius 3 is 1.30 bits per heavy atom. The zero-order valence-electron chi connectivity index (χ0n) is 47.2. The van der Waals surface area contributed by atoms with Crippen molar-refractivity contribution in [2.45, 2.75) is 167 Å². The first-order valence-corrected chi connectivity index (χ1v) is 35.8. The summed E-state index contributed by atoms with van der Waals surface area (Å²) in [4.78, 5) is 6.78. The predicted octanol–water partition coefficient (Wildman–Crippen LogP) is 23.5. The van der Waals surface area contributed by atoms with E-state index < -0.39 is 10.8 Å². The smallest absolute Gasteiger partial charge is 0.122 e. The normalized spacial score (nSPS) is 14.2. The molecule has 1 aliphatic heterocycles. The topological polar surface area (TPSA) is 50.5 Å². The molecule has 0 radical (unpaired) electrons. The van der Waals surface area contributed by atoms with Gasteiger partial charge in [-0.15, -0.1) is 45.3 Å². The summed E-state index contributed by atoms with van der Waals surface area (Å²) in [6.45, 7) is 9.23. The van der Waals surface area contributed by atoms with Gasteiger partial charge >= 0.3 is 0 Å². The van der Waals surface area contributed by atoms with Crippen molar-refractivity contribution in [2.75, 3.05) is 0 Å². The molecule has 5 aromatic heterocycles. The molecular weight excluding hydrogens is 1170 g/mol. The van der Waals surface area contributed by atoms with E-state index in [1.807, 2.05) is 22.7 Å². The summed E-state index contributed by atoms with van der Waals surface area (Å²) in [6, 6.07) is 44.8. The molecule has 0 N–H and O–H groups in total. The molecule has 5 aromatic carbocycles. The van der Waals surface area contributed by atoms with Crippen LogP contribution in [0.25, 0.3) is 50.4 Å². The van der Waals surface area contributed by atoms with Crippen molar-refractivity contribution in [3.8, 4) is 29.9 Å². The standard InChI is InChI=1S/C70H71BrN4S6/c1-5-9-13-17-21-44-25-33-48(34-26-44)69(49-35-27-45(28-36-49)22-18-14-10-6-2)52-41-42-76-63(52)65-56(69)67-68(78-65)57-66(79-67)64-53(43-54(77-64)55-59-61(74-80-72-59)58(71)62-60(55)73-81-75-62)70(57,50-37-29-46(30-38-50)23-19-15-11-7-3)51-39-31-47(32-40-51)24-20-16-12-8-4/h25-43H,5-24H2,1-4H3. The molecular formula is C70H71BrN4S6. The molecule has 0 saturated carbocycles. The van der Waals surface area contributed by atoms with E-state index in [4.69, 9.17) is 17.5 Å². The number of aryl methyl sites for hydroxylation is 4. The molecule has 3 aliphatic rings. The Morgan fingerprint density at radius 1 is 0.420 bits per heavy atom. The lowest BCUT2D eigenvalue weighted by Gasteiger charge is -2.34. The van der Waals surface area contributed by atoms with E-state index in [-0.39, 0.29) is 0 Å². The number of rotatable bonds is 25. The second-order valence-corrected chi connectivity index (χ2v) is 28.8. The van der Waals surface area contributed by atoms with Crippen molar-refractivity contribution < 1.29 is 0 Å². The summed E-state index contributed by atoms with van der Waals surface area (Å²) < 4.78 is 23.5. The van der Waals surface area contributed by atoms with Gasteiger partial charge in [0.25, 0.3) is 0 Å². The van der Waals surface area contributed by atoms with Gasteiger partial charge in [-0.3, -0.25) is 0 Å². The van der Waals surface area contributed by atoms with E-state index >= 15 is 0 Å². The highest BCUT2D eigenvalue weighted by Gasteiger charge is 2.55. The molecule has 13 rings (SSSR count). The first-order chi connectivity index (χ1) is 39.9. The summed E-state index contributed by atoms with van der Waals surface area (Å²) in [5.41, 5.74) is 20.3. The lowest BCUT2D eigenvalue weighted by Crippen LogP contribution is -2.29. The molecule has 0 fully saturated rings. The maximum Gasteiger partial charge on any atom is 0.122 e. The highest BCUT2D eigenvalue weighted by atomic mass is 79.9. The van der Waals surface area contributed by atoms with Gasteiger partial charge in [0.1, 0.15) is 22.4 Å². The van der Waals surface area contributed by atoms with Gasteiger partial charge in [0.15, 0.2) is 0 Å². The maximum atomic E-state index is 5.01. The lowest BCUT2D eigenvalue weighted by molar-refractivity contribution is 0.666. The molecule has 414 valence electrons. The number of thiophene rings is 4. The van der Waals surface area contributed by atoms with Gasteiger partial charge in [-0.25, -0.2) is 0 Å². The maximum absolute atomic E-state index is 5.01. The molecule has 0 bridgehead atoms. The number of nitrogens with zero attached hydrogens (tertiary/aromatic N) is 4. The van der Waals surface area contributed by atoms with Crippen LogP contribution in [0.15, 0.2) is 128 Å². The van der Waals surface area contributed by atoms with Crippen LogP contribution in [-0.2, 0) is 47.9 Å². The number of halogens is 1. The number of aromatic nitrogens is 2. The highest BCUT2D eigenvalue weighted by Crippen LogP contribution is 2.70. The third-order valence-corrected chi connectivity index (χ3v) is 24.6. The van der Waals surface area contributed by atoms with Crippen molar-refractivity contribution in [3.63, 3.8) is 0 Å². The molecule has 10 aromatic rings. The average Bonchev–Trinajstić information content (AvgIpc) is 2.47. The minimum absolute atomic E-state index is 0.488. The Balaban J connectivity index is 1.06. The van der Waals surface area contributed by atoms with E-state index in [1.54, 1.807) is 0 Å². The van der Waals surface area contributed by atoms with Gasteiger partial charge in [-0.1, -0.05) is 202 Å². The molecule has 6 heterocycles. The van der Waals surface area contributed by atoms with Crippen molar-refractivity contribution in [2.24, 2.45) is 8.73 Å². The monoisotopic (exact) mass is 1240 g/mol. The van der Waals surface area contributed by atoms with E-state index in [9.17, 15) is 0 Å². The minimum atomic E-state index is -0.605. The first kappa shape index (κ1) is 55.5. The van der Waals surface area contributed by atoms with E-state index in [0.29, 0.717) is 0 Å². The van der Waals surface area contributed by atoms with Gasteiger partial charge < -0.3 is 0 Å². The molecule has 2 aliphatic carbocycles. The SMILES string of the molecule is CCCCCCc1ccc(C2(c3ccc(CCCCCC)cc3)c3ccsc3-c3sc4c5c(sc4c32)-c2sc(-c3c4c(c(Br)c6nsnc36)N=S=N4)cc2C5(c2ccc(CCCCCC)cc2)c2ccc(CCCCCC)cc2)cc1. The molecule has 0 spiro atoms. The van der Waals surface area contributed by atoms with Crippen LogP contribution in [0.5, 0.6) is 0 Å². The molecule has 0 saturated heterocycles. The molecule has 0 unspecified atom stereocenters. The Hall–Kier alpha value is -4.72. The number of unbranched alkanes of at least 4 members (excludes halogenated alkanes) is 12. The quantitative estimate of drug-likeness (QED) is 0.0536. The number of benzene rings is 5. The summed E-state index contributed by atoms with van der Waals surface area (Å²) >= 11 is 14.4. The van der Waals surface area contributed by atoms with E-state index in [2.05, 4.69) is 181 Å². The Morgan fingerprint density at radius 2 is 0.840 bits per heavy atom. The minimum Gasteiger partial charge on any atom is -0.172 e. The second-order valence-electron chi connectivity index (χ2n) is 22.9. The fourth-order valence-electron chi connectivity index (χ4n) is 13.6. The van der Waals surface area contributed by atoms with Crippen LogP contribution < -0.4 is 0 Å². The van der Waals surface area contributed by atoms with Gasteiger partial charge in [-0.05, 0) is 140 Å². The molecule has 0 atom stereocenters. The third kappa shape index (κ3) is 9.59. The highest BCUT2D eigenvalue weighted by molar-refractivity contribution is 9.10. The van der Waals surface area contributed by atoms with Crippen LogP contribution in [0.4, 0.5) is 11.4 Å². The number of hydrogen-bond acceptors (Lipinski definition) is 9. The number of fused-ring (bicyclic) bond motifs is 11. The van der Waals surface area contributed by atoms with Crippen molar-refractivity contribution in [1.82, 2.24) is 8.75 Å². The second kappa shape index (κ2) is 24.1. The summed E-state index contributed by atoms with van der Waals surface area (Å²) in [7, 11) is 0. The number of hydrogen-bond donors (Lipinski definition) is 0. The first-order valence-electron chi connectivity index (χ1n) is 30.2. The molecule has 81 heavy (non-hydrogen) atoms. The summed E-state index contributed by atoms with van der Waals surface area (Å²) in [6.07, 6.45) is 24.6. The van der Waals surface area contributed by atoms with Crippen LogP contribution >= 0.6 is 73.0 Å². The predicted molar refractivity (Wildman–Crippen MR) is 357 cm³/mol. The van der Waals surface area contributed by atoms with Crippen LogP contribution in [0.2, 0.25) is 0 Å².